The van der Waals surface area contributed by atoms with Gasteiger partial charge in [-0.2, -0.15) is 4.98 Å². The summed E-state index contributed by atoms with van der Waals surface area (Å²) in [6.45, 7) is 5.61. The van der Waals surface area contributed by atoms with Gasteiger partial charge in [0.2, 0.25) is 5.89 Å². The Bertz CT molecular complexity index is 598. The molecule has 1 atom stereocenters. The summed E-state index contributed by atoms with van der Waals surface area (Å²) < 4.78 is 32.2. The van der Waals surface area contributed by atoms with E-state index < -0.39 is 11.6 Å². The van der Waals surface area contributed by atoms with E-state index in [0.29, 0.717) is 35.8 Å². The van der Waals surface area contributed by atoms with Gasteiger partial charge in [0.1, 0.15) is 11.6 Å². The van der Waals surface area contributed by atoms with Crippen LogP contribution in [0.5, 0.6) is 0 Å². The van der Waals surface area contributed by atoms with Crippen molar-refractivity contribution in [2.24, 2.45) is 0 Å². The standard InChI is InChI=1S/C14H17F2N3O/c1-8-6-13(16)11(7-12(8)15)9(2)17-5-4-14-18-10(3)19-20-14/h6-7,9,17H,4-5H2,1-3H3. The highest BCUT2D eigenvalue weighted by Crippen LogP contribution is 2.20. The van der Waals surface area contributed by atoms with E-state index in [-0.39, 0.29) is 6.04 Å². The molecule has 4 nitrogen and oxygen atoms in total. The summed E-state index contributed by atoms with van der Waals surface area (Å²) in [6.07, 6.45) is 0.543. The van der Waals surface area contributed by atoms with E-state index in [4.69, 9.17) is 4.52 Å². The minimum atomic E-state index is -0.405. The zero-order valence-electron chi connectivity index (χ0n) is 11.7. The molecule has 0 spiro atoms. The third kappa shape index (κ3) is 3.39. The van der Waals surface area contributed by atoms with Crippen molar-refractivity contribution in [1.82, 2.24) is 15.5 Å². The lowest BCUT2D eigenvalue weighted by atomic mass is 10.0. The maximum absolute atomic E-state index is 13.8. The second-order valence-electron chi connectivity index (χ2n) is 4.78. The summed E-state index contributed by atoms with van der Waals surface area (Å²) in [5.41, 5.74) is 0.620. The van der Waals surface area contributed by atoms with Gasteiger partial charge in [-0.15, -0.1) is 0 Å². The summed E-state index contributed by atoms with van der Waals surface area (Å²) in [5, 5.41) is 6.79. The molecule has 0 fully saturated rings. The monoisotopic (exact) mass is 281 g/mol. The summed E-state index contributed by atoms with van der Waals surface area (Å²) in [6, 6.07) is 2.15. The summed E-state index contributed by atoms with van der Waals surface area (Å²) >= 11 is 0. The maximum atomic E-state index is 13.8. The minimum Gasteiger partial charge on any atom is -0.339 e. The summed E-state index contributed by atoms with van der Waals surface area (Å²) in [4.78, 5) is 4.07. The van der Waals surface area contributed by atoms with Crippen LogP contribution in [0.1, 0.15) is 35.8 Å². The molecule has 1 N–H and O–H groups in total. The van der Waals surface area contributed by atoms with Crippen molar-refractivity contribution in [3.63, 3.8) is 0 Å². The van der Waals surface area contributed by atoms with Crippen molar-refractivity contribution >= 4 is 0 Å². The number of halogens is 2. The van der Waals surface area contributed by atoms with Crippen LogP contribution in [0.25, 0.3) is 0 Å². The maximum Gasteiger partial charge on any atom is 0.227 e. The number of nitrogens with one attached hydrogen (secondary N) is 1. The number of aryl methyl sites for hydroxylation is 2. The van der Waals surface area contributed by atoms with Gasteiger partial charge in [0.05, 0.1) is 0 Å². The number of aromatic nitrogens is 2. The van der Waals surface area contributed by atoms with Crippen LogP contribution in [-0.2, 0) is 6.42 Å². The first-order valence-corrected chi connectivity index (χ1v) is 6.45. The molecule has 1 aromatic carbocycles. The van der Waals surface area contributed by atoms with Crippen LogP contribution < -0.4 is 5.32 Å². The molecule has 1 heterocycles. The third-order valence-corrected chi connectivity index (χ3v) is 3.10. The molecule has 1 aromatic heterocycles. The van der Waals surface area contributed by atoms with Crippen LogP contribution in [0.4, 0.5) is 8.78 Å². The second kappa shape index (κ2) is 6.09. The van der Waals surface area contributed by atoms with Gasteiger partial charge < -0.3 is 9.84 Å². The Hall–Kier alpha value is -1.82. The number of nitrogens with zero attached hydrogens (tertiary/aromatic N) is 2. The number of hydrogen-bond donors (Lipinski definition) is 1. The Kier molecular flexibility index (Phi) is 4.44. The zero-order chi connectivity index (χ0) is 14.7. The Balaban J connectivity index is 1.95. The molecule has 2 rings (SSSR count). The van der Waals surface area contributed by atoms with Crippen LogP contribution in [0, 0.1) is 25.5 Å². The lowest BCUT2D eigenvalue weighted by Crippen LogP contribution is -2.22. The molecule has 0 aliphatic carbocycles. The predicted octanol–water partition coefficient (Wildman–Crippen LogP) is 2.86. The smallest absolute Gasteiger partial charge is 0.227 e. The van der Waals surface area contributed by atoms with E-state index in [1.807, 2.05) is 0 Å². The fourth-order valence-electron chi connectivity index (χ4n) is 1.94. The van der Waals surface area contributed by atoms with E-state index >= 15 is 0 Å². The molecule has 108 valence electrons. The van der Waals surface area contributed by atoms with Gasteiger partial charge in [0.15, 0.2) is 5.82 Å². The molecule has 0 aliphatic rings. The van der Waals surface area contributed by atoms with Gasteiger partial charge in [-0.1, -0.05) is 5.16 Å². The third-order valence-electron chi connectivity index (χ3n) is 3.10. The van der Waals surface area contributed by atoms with Crippen LogP contribution in [0.3, 0.4) is 0 Å². The second-order valence-corrected chi connectivity index (χ2v) is 4.78. The quantitative estimate of drug-likeness (QED) is 0.915. The van der Waals surface area contributed by atoms with E-state index in [1.165, 1.54) is 19.1 Å². The van der Waals surface area contributed by atoms with Gasteiger partial charge in [0, 0.05) is 24.6 Å². The Morgan fingerprint density at radius 3 is 2.65 bits per heavy atom. The molecule has 1 unspecified atom stereocenters. The highest BCUT2D eigenvalue weighted by Gasteiger charge is 2.13. The molecule has 0 radical (unpaired) electrons. The fourth-order valence-corrected chi connectivity index (χ4v) is 1.94. The van der Waals surface area contributed by atoms with Gasteiger partial charge in [-0.3, -0.25) is 0 Å². The highest BCUT2D eigenvalue weighted by molar-refractivity contribution is 5.27. The molecule has 0 saturated carbocycles. The molecular weight excluding hydrogens is 264 g/mol. The van der Waals surface area contributed by atoms with Gasteiger partial charge in [-0.05, 0) is 38.5 Å². The van der Waals surface area contributed by atoms with Gasteiger partial charge in [-0.25, -0.2) is 8.78 Å². The first-order chi connectivity index (χ1) is 9.47. The Morgan fingerprint density at radius 1 is 1.25 bits per heavy atom. The molecule has 2 aromatic rings. The van der Waals surface area contributed by atoms with E-state index in [1.54, 1.807) is 13.8 Å². The van der Waals surface area contributed by atoms with E-state index in [9.17, 15) is 8.78 Å². The summed E-state index contributed by atoms with van der Waals surface area (Å²) in [5.74, 6) is 0.303. The average molecular weight is 281 g/mol. The first kappa shape index (κ1) is 14.6. The predicted molar refractivity (Wildman–Crippen MR) is 70.3 cm³/mol. The first-order valence-electron chi connectivity index (χ1n) is 6.45. The topological polar surface area (TPSA) is 51.0 Å². The molecule has 0 aliphatic heterocycles. The van der Waals surface area contributed by atoms with Crippen molar-refractivity contribution in [2.45, 2.75) is 33.2 Å². The van der Waals surface area contributed by atoms with Crippen molar-refractivity contribution in [3.05, 3.63) is 46.6 Å². The largest absolute Gasteiger partial charge is 0.339 e. The lowest BCUT2D eigenvalue weighted by Gasteiger charge is -2.15. The molecule has 0 saturated heterocycles. The normalized spacial score (nSPS) is 12.7. The zero-order valence-corrected chi connectivity index (χ0v) is 11.7. The van der Waals surface area contributed by atoms with E-state index in [0.717, 1.165) is 0 Å². The van der Waals surface area contributed by atoms with Crippen LogP contribution in [0.2, 0.25) is 0 Å². The van der Waals surface area contributed by atoms with Crippen molar-refractivity contribution in [2.75, 3.05) is 6.54 Å². The number of hydrogen-bond acceptors (Lipinski definition) is 4. The number of rotatable bonds is 5. The van der Waals surface area contributed by atoms with Crippen molar-refractivity contribution in [3.8, 4) is 0 Å². The van der Waals surface area contributed by atoms with Crippen molar-refractivity contribution in [1.29, 1.82) is 0 Å². The van der Waals surface area contributed by atoms with Crippen molar-refractivity contribution < 1.29 is 13.3 Å². The Morgan fingerprint density at radius 2 is 2.00 bits per heavy atom. The van der Waals surface area contributed by atoms with E-state index in [2.05, 4.69) is 15.5 Å². The summed E-state index contributed by atoms with van der Waals surface area (Å²) in [7, 11) is 0. The molecular formula is C14H17F2N3O. The highest BCUT2D eigenvalue weighted by atomic mass is 19.1. The Labute approximate surface area is 116 Å². The molecule has 20 heavy (non-hydrogen) atoms. The SMILES string of the molecule is Cc1noc(CCNC(C)c2cc(F)c(C)cc2F)n1. The van der Waals surface area contributed by atoms with Crippen LogP contribution in [0.15, 0.2) is 16.7 Å². The molecule has 0 amide bonds. The van der Waals surface area contributed by atoms with Gasteiger partial charge in [0.25, 0.3) is 0 Å². The molecule has 6 heteroatoms. The van der Waals surface area contributed by atoms with Crippen LogP contribution in [-0.4, -0.2) is 16.7 Å². The number of benzene rings is 1. The fraction of sp³-hybridized carbons (Fsp3) is 0.429. The average Bonchev–Trinajstić information content (AvgIpc) is 2.79. The van der Waals surface area contributed by atoms with Crippen LogP contribution >= 0.6 is 0 Å². The van der Waals surface area contributed by atoms with Gasteiger partial charge >= 0.3 is 0 Å². The molecule has 0 bridgehead atoms. The minimum absolute atomic E-state index is 0.297. The lowest BCUT2D eigenvalue weighted by molar-refractivity contribution is 0.369.